The van der Waals surface area contributed by atoms with E-state index in [-0.39, 0.29) is 18.4 Å². The maximum Gasteiger partial charge on any atom is 0.180 e. The van der Waals surface area contributed by atoms with E-state index < -0.39 is 0 Å². The summed E-state index contributed by atoms with van der Waals surface area (Å²) in [6, 6.07) is 6.25. The molecule has 3 saturated heterocycles. The number of anilines is 1. The van der Waals surface area contributed by atoms with Gasteiger partial charge in [0.25, 0.3) is 0 Å². The Balaban J connectivity index is 1.42. The molecule has 3 atom stereocenters. The van der Waals surface area contributed by atoms with Crippen LogP contribution < -0.4 is 4.90 Å². The lowest BCUT2D eigenvalue weighted by Crippen LogP contribution is -2.43. The Labute approximate surface area is 203 Å². The Morgan fingerprint density at radius 3 is 2.51 bits per heavy atom. The van der Waals surface area contributed by atoms with E-state index in [1.54, 1.807) is 0 Å². The highest BCUT2D eigenvalue weighted by molar-refractivity contribution is 5.84. The molecule has 4 aromatic heterocycles. The van der Waals surface area contributed by atoms with E-state index in [4.69, 9.17) is 19.6 Å². The first-order valence-corrected chi connectivity index (χ1v) is 12.6. The summed E-state index contributed by atoms with van der Waals surface area (Å²) in [7, 11) is 1.98. The molecule has 10 heteroatoms. The number of morpholine rings is 1. The number of nitrogens with zero attached hydrogens (tertiary/aromatic N) is 8. The minimum atomic E-state index is -0.0731. The topological polar surface area (TPSA) is 87.5 Å². The van der Waals surface area contributed by atoms with Gasteiger partial charge in [-0.3, -0.25) is 4.68 Å². The van der Waals surface area contributed by atoms with Crippen molar-refractivity contribution in [3.8, 4) is 22.8 Å². The largest absolute Gasteiger partial charge is 0.371 e. The second-order valence-corrected chi connectivity index (χ2v) is 9.88. The number of fused-ring (bicyclic) bond motifs is 3. The zero-order valence-electron chi connectivity index (χ0n) is 20.2. The van der Waals surface area contributed by atoms with Gasteiger partial charge in [-0.2, -0.15) is 10.2 Å². The number of hydrogen-bond acceptors (Lipinski definition) is 7. The van der Waals surface area contributed by atoms with Crippen LogP contribution in [0.2, 0.25) is 0 Å². The zero-order valence-corrected chi connectivity index (χ0v) is 20.2. The monoisotopic (exact) mass is 474 g/mol. The molecule has 0 amide bonds. The standard InChI is InChI=1S/C25H30N8O2/c1-16-24-19(20-8-10-26-30(20)2)13-22(31-14-17-6-7-18(15-31)35-17)29-33(24)25(28-16)21-9-11-27-32(21)23-5-3-4-12-34-23/h8-11,13,17-18,23H,3-7,12,14-15H2,1-2H3. The Morgan fingerprint density at radius 1 is 0.971 bits per heavy atom. The van der Waals surface area contributed by atoms with Crippen molar-refractivity contribution in [2.45, 2.75) is 57.5 Å². The summed E-state index contributed by atoms with van der Waals surface area (Å²) in [5, 5.41) is 14.2. The highest BCUT2D eigenvalue weighted by Crippen LogP contribution is 2.36. The number of ether oxygens (including phenoxy) is 2. The molecule has 35 heavy (non-hydrogen) atoms. The molecule has 3 aliphatic heterocycles. The SMILES string of the molecule is Cc1nc(-c2ccnn2C2CCCCO2)n2nc(N3CC4CCC(C3)O4)cc(-c3ccnn3C)c12. The third-order valence-corrected chi connectivity index (χ3v) is 7.55. The molecule has 4 aromatic rings. The van der Waals surface area contributed by atoms with E-state index in [9.17, 15) is 0 Å². The van der Waals surface area contributed by atoms with Gasteiger partial charge in [0, 0.05) is 44.7 Å². The van der Waals surface area contributed by atoms with Gasteiger partial charge in [-0.25, -0.2) is 14.2 Å². The number of aromatic nitrogens is 7. The van der Waals surface area contributed by atoms with Crippen LogP contribution in [0.5, 0.6) is 0 Å². The van der Waals surface area contributed by atoms with Gasteiger partial charge < -0.3 is 14.4 Å². The predicted octanol–water partition coefficient (Wildman–Crippen LogP) is 3.37. The van der Waals surface area contributed by atoms with E-state index in [0.29, 0.717) is 0 Å². The molecule has 3 aliphatic rings. The lowest BCUT2D eigenvalue weighted by atomic mass is 10.1. The van der Waals surface area contributed by atoms with E-state index >= 15 is 0 Å². The van der Waals surface area contributed by atoms with E-state index in [1.807, 2.05) is 52.4 Å². The van der Waals surface area contributed by atoms with Crippen molar-refractivity contribution in [2.75, 3.05) is 24.6 Å². The molecule has 0 saturated carbocycles. The third-order valence-electron chi connectivity index (χ3n) is 7.55. The van der Waals surface area contributed by atoms with E-state index in [2.05, 4.69) is 21.2 Å². The summed E-state index contributed by atoms with van der Waals surface area (Å²) in [6.45, 7) is 4.53. The maximum absolute atomic E-state index is 6.10. The first-order chi connectivity index (χ1) is 17.2. The van der Waals surface area contributed by atoms with Crippen LogP contribution in [0, 0.1) is 6.92 Å². The fourth-order valence-electron chi connectivity index (χ4n) is 5.85. The highest BCUT2D eigenvalue weighted by Gasteiger charge is 2.35. The van der Waals surface area contributed by atoms with Gasteiger partial charge >= 0.3 is 0 Å². The normalized spacial score (nSPS) is 24.5. The second kappa shape index (κ2) is 8.17. The summed E-state index contributed by atoms with van der Waals surface area (Å²) in [5.74, 6) is 1.72. The van der Waals surface area contributed by atoms with Gasteiger partial charge in [0.05, 0.1) is 29.1 Å². The van der Waals surface area contributed by atoms with Crippen molar-refractivity contribution < 1.29 is 9.47 Å². The fourth-order valence-corrected chi connectivity index (χ4v) is 5.85. The van der Waals surface area contributed by atoms with Crippen LogP contribution in [0.4, 0.5) is 5.82 Å². The van der Waals surface area contributed by atoms with Crippen molar-refractivity contribution >= 4 is 11.3 Å². The van der Waals surface area contributed by atoms with Gasteiger partial charge in [-0.1, -0.05) is 0 Å². The quantitative estimate of drug-likeness (QED) is 0.448. The molecule has 0 aromatic carbocycles. The van der Waals surface area contributed by atoms with Gasteiger partial charge in [0.2, 0.25) is 0 Å². The van der Waals surface area contributed by atoms with Crippen molar-refractivity contribution in [1.29, 1.82) is 0 Å². The number of hydrogen-bond donors (Lipinski definition) is 0. The predicted molar refractivity (Wildman–Crippen MR) is 130 cm³/mol. The lowest BCUT2D eigenvalue weighted by Gasteiger charge is -2.33. The molecule has 0 N–H and O–H groups in total. The summed E-state index contributed by atoms with van der Waals surface area (Å²) in [6.07, 6.45) is 9.57. The molecular weight excluding hydrogens is 444 g/mol. The Kier molecular flexibility index (Phi) is 4.92. The molecule has 7 rings (SSSR count). The molecule has 7 heterocycles. The number of aryl methyl sites for hydroxylation is 2. The van der Waals surface area contributed by atoms with Crippen molar-refractivity contribution in [2.24, 2.45) is 7.05 Å². The summed E-state index contributed by atoms with van der Waals surface area (Å²) in [4.78, 5) is 7.39. The summed E-state index contributed by atoms with van der Waals surface area (Å²) in [5.41, 5.74) is 4.94. The molecule has 182 valence electrons. The molecule has 2 bridgehead atoms. The minimum absolute atomic E-state index is 0.0731. The van der Waals surface area contributed by atoms with E-state index in [1.165, 1.54) is 0 Å². The summed E-state index contributed by atoms with van der Waals surface area (Å²) >= 11 is 0. The average Bonchev–Trinajstić information content (AvgIpc) is 3.66. The van der Waals surface area contributed by atoms with E-state index in [0.717, 1.165) is 91.6 Å². The third kappa shape index (κ3) is 3.46. The maximum atomic E-state index is 6.10. The van der Waals surface area contributed by atoms with Crippen molar-refractivity contribution in [3.05, 3.63) is 36.3 Å². The first-order valence-electron chi connectivity index (χ1n) is 12.6. The highest BCUT2D eigenvalue weighted by atomic mass is 16.5. The molecule has 0 radical (unpaired) electrons. The van der Waals surface area contributed by atoms with Gasteiger partial charge in [0.1, 0.15) is 5.69 Å². The molecule has 0 spiro atoms. The van der Waals surface area contributed by atoms with Crippen LogP contribution in [0.1, 0.15) is 44.0 Å². The van der Waals surface area contributed by atoms with Crippen LogP contribution in [-0.4, -0.2) is 66.1 Å². The Morgan fingerprint density at radius 2 is 1.77 bits per heavy atom. The minimum Gasteiger partial charge on any atom is -0.371 e. The van der Waals surface area contributed by atoms with Gasteiger partial charge in [-0.05, 0) is 57.2 Å². The Bertz CT molecular complexity index is 1370. The lowest BCUT2D eigenvalue weighted by molar-refractivity contribution is -0.0384. The van der Waals surface area contributed by atoms with Crippen molar-refractivity contribution in [3.63, 3.8) is 0 Å². The zero-order chi connectivity index (χ0) is 23.5. The van der Waals surface area contributed by atoms with Gasteiger partial charge in [-0.15, -0.1) is 5.10 Å². The smallest absolute Gasteiger partial charge is 0.180 e. The fraction of sp³-hybridized carbons (Fsp3) is 0.520. The molecule has 3 unspecified atom stereocenters. The Hall–Kier alpha value is -3.24. The van der Waals surface area contributed by atoms with Crippen LogP contribution in [-0.2, 0) is 16.5 Å². The average molecular weight is 475 g/mol. The number of rotatable bonds is 4. The van der Waals surface area contributed by atoms with Crippen LogP contribution in [0.25, 0.3) is 28.3 Å². The first kappa shape index (κ1) is 21.1. The van der Waals surface area contributed by atoms with Crippen molar-refractivity contribution in [1.82, 2.24) is 34.2 Å². The van der Waals surface area contributed by atoms with Crippen LogP contribution in [0.15, 0.2) is 30.6 Å². The van der Waals surface area contributed by atoms with Crippen LogP contribution in [0.3, 0.4) is 0 Å². The molecule has 0 aliphatic carbocycles. The molecular formula is C25H30N8O2. The van der Waals surface area contributed by atoms with Gasteiger partial charge in [0.15, 0.2) is 17.9 Å². The summed E-state index contributed by atoms with van der Waals surface area (Å²) < 4.78 is 18.0. The number of imidazole rings is 1. The second-order valence-electron chi connectivity index (χ2n) is 9.88. The van der Waals surface area contributed by atoms with Crippen LogP contribution >= 0.6 is 0 Å². The molecule has 3 fully saturated rings. The molecule has 10 nitrogen and oxygen atoms in total.